The van der Waals surface area contributed by atoms with Crippen molar-refractivity contribution in [1.82, 2.24) is 0 Å². The zero-order valence-electron chi connectivity index (χ0n) is 10.9. The molecule has 0 fully saturated rings. The molecule has 0 radical (unpaired) electrons. The number of benzene rings is 1. The van der Waals surface area contributed by atoms with Gasteiger partial charge in [0, 0.05) is 0 Å². The molecule has 1 aromatic rings. The second-order valence-electron chi connectivity index (χ2n) is 4.51. The second-order valence-corrected chi connectivity index (χ2v) is 4.51. The van der Waals surface area contributed by atoms with Gasteiger partial charge in [-0.2, -0.15) is 0 Å². The summed E-state index contributed by atoms with van der Waals surface area (Å²) < 4.78 is 5.24. The Hall–Kier alpha value is -1.55. The fourth-order valence-corrected chi connectivity index (χ4v) is 1.72. The molecule has 1 aromatic carbocycles. The first-order valence-electron chi connectivity index (χ1n) is 6.27. The van der Waals surface area contributed by atoms with Crippen molar-refractivity contribution in [2.45, 2.75) is 45.3 Å². The molecular weight excluding hydrogens is 230 g/mol. The van der Waals surface area contributed by atoms with E-state index in [0.717, 1.165) is 18.4 Å². The third-order valence-electron chi connectivity index (χ3n) is 2.71. The van der Waals surface area contributed by atoms with Gasteiger partial charge in [-0.15, -0.1) is 0 Å². The topological polar surface area (TPSA) is 72.5 Å². The minimum atomic E-state index is -0.658. The van der Waals surface area contributed by atoms with E-state index in [4.69, 9.17) is 15.6 Å². The lowest BCUT2D eigenvalue weighted by Crippen LogP contribution is -2.36. The van der Waals surface area contributed by atoms with Gasteiger partial charge in [-0.3, -0.25) is 4.79 Å². The van der Waals surface area contributed by atoms with E-state index in [1.807, 2.05) is 13.8 Å². The first-order valence-corrected chi connectivity index (χ1v) is 6.27. The molecule has 4 heteroatoms. The number of aromatic hydroxyl groups is 1. The Morgan fingerprint density at radius 1 is 1.39 bits per heavy atom. The van der Waals surface area contributed by atoms with Crippen LogP contribution in [0, 0.1) is 0 Å². The van der Waals surface area contributed by atoms with Crippen molar-refractivity contribution in [3.8, 4) is 5.75 Å². The summed E-state index contributed by atoms with van der Waals surface area (Å²) in [7, 11) is 0. The smallest absolute Gasteiger partial charge is 0.323 e. The van der Waals surface area contributed by atoms with Crippen LogP contribution in [0.3, 0.4) is 0 Å². The van der Waals surface area contributed by atoms with E-state index in [9.17, 15) is 4.79 Å². The van der Waals surface area contributed by atoms with Gasteiger partial charge in [-0.05, 0) is 37.5 Å². The van der Waals surface area contributed by atoms with Crippen LogP contribution in [-0.4, -0.2) is 23.2 Å². The summed E-state index contributed by atoms with van der Waals surface area (Å²) in [5.74, 6) is -0.171. The highest BCUT2D eigenvalue weighted by atomic mass is 16.5. The number of phenolic OH excluding ortho intramolecular Hbond substituents is 1. The van der Waals surface area contributed by atoms with E-state index < -0.39 is 6.04 Å². The normalized spacial score (nSPS) is 13.9. The van der Waals surface area contributed by atoms with Crippen molar-refractivity contribution in [2.24, 2.45) is 5.73 Å². The molecule has 3 N–H and O–H groups in total. The van der Waals surface area contributed by atoms with Gasteiger partial charge >= 0.3 is 5.97 Å². The molecule has 0 bridgehead atoms. The number of esters is 1. The predicted molar refractivity (Wildman–Crippen MR) is 70.2 cm³/mol. The molecule has 0 heterocycles. The first-order chi connectivity index (χ1) is 8.52. The summed E-state index contributed by atoms with van der Waals surface area (Å²) in [5, 5.41) is 9.16. The molecule has 4 nitrogen and oxygen atoms in total. The van der Waals surface area contributed by atoms with E-state index in [1.54, 1.807) is 24.3 Å². The average Bonchev–Trinajstić information content (AvgIpc) is 2.32. The third-order valence-corrected chi connectivity index (χ3v) is 2.71. The minimum absolute atomic E-state index is 0.0895. The molecule has 0 aliphatic rings. The first kappa shape index (κ1) is 14.5. The van der Waals surface area contributed by atoms with Crippen LogP contribution in [0.25, 0.3) is 0 Å². The van der Waals surface area contributed by atoms with E-state index in [1.165, 1.54) is 0 Å². The Kier molecular flexibility index (Phi) is 5.65. The Morgan fingerprint density at radius 3 is 2.56 bits per heavy atom. The number of hydrogen-bond donors (Lipinski definition) is 2. The van der Waals surface area contributed by atoms with Crippen LogP contribution in [-0.2, 0) is 16.0 Å². The molecule has 0 unspecified atom stereocenters. The Labute approximate surface area is 108 Å². The number of carbonyl (C=O) groups is 1. The number of carbonyl (C=O) groups excluding carboxylic acids is 1. The van der Waals surface area contributed by atoms with Crippen molar-refractivity contribution in [3.63, 3.8) is 0 Å². The quantitative estimate of drug-likeness (QED) is 0.758. The highest BCUT2D eigenvalue weighted by Gasteiger charge is 2.18. The van der Waals surface area contributed by atoms with Crippen molar-refractivity contribution >= 4 is 5.97 Å². The zero-order valence-corrected chi connectivity index (χ0v) is 10.9. The standard InChI is InChI=1S/C14H21NO3/c1-3-4-10(2)18-14(17)13(15)9-11-5-7-12(16)8-6-11/h5-8,10,13,16H,3-4,9,15H2,1-2H3/t10-,13+/m1/s1. The number of phenols is 1. The summed E-state index contributed by atoms with van der Waals surface area (Å²) in [6, 6.07) is 5.99. The van der Waals surface area contributed by atoms with Gasteiger partial charge in [-0.1, -0.05) is 25.5 Å². The maximum absolute atomic E-state index is 11.7. The lowest BCUT2D eigenvalue weighted by Gasteiger charge is -2.16. The average molecular weight is 251 g/mol. The van der Waals surface area contributed by atoms with Crippen molar-refractivity contribution in [3.05, 3.63) is 29.8 Å². The lowest BCUT2D eigenvalue weighted by atomic mass is 10.1. The molecular formula is C14H21NO3. The Morgan fingerprint density at radius 2 is 2.00 bits per heavy atom. The number of ether oxygens (including phenoxy) is 1. The van der Waals surface area contributed by atoms with E-state index in [0.29, 0.717) is 6.42 Å². The van der Waals surface area contributed by atoms with E-state index in [2.05, 4.69) is 0 Å². The zero-order chi connectivity index (χ0) is 13.5. The number of hydrogen-bond acceptors (Lipinski definition) is 4. The van der Waals surface area contributed by atoms with Gasteiger partial charge in [0.15, 0.2) is 0 Å². The molecule has 0 saturated heterocycles. The molecule has 18 heavy (non-hydrogen) atoms. The Balaban J connectivity index is 2.46. The summed E-state index contributed by atoms with van der Waals surface area (Å²) in [6.07, 6.45) is 2.14. The molecule has 0 spiro atoms. The largest absolute Gasteiger partial charge is 0.508 e. The van der Waals surface area contributed by atoms with Crippen LogP contribution in [0.5, 0.6) is 5.75 Å². The van der Waals surface area contributed by atoms with Crippen LogP contribution in [0.2, 0.25) is 0 Å². The van der Waals surface area contributed by atoms with Crippen LogP contribution >= 0.6 is 0 Å². The van der Waals surface area contributed by atoms with Crippen molar-refractivity contribution in [1.29, 1.82) is 0 Å². The maximum Gasteiger partial charge on any atom is 0.323 e. The van der Waals surface area contributed by atoms with Crippen LogP contribution in [0.1, 0.15) is 32.3 Å². The maximum atomic E-state index is 11.7. The van der Waals surface area contributed by atoms with Gasteiger partial charge in [0.05, 0.1) is 6.10 Å². The molecule has 2 atom stereocenters. The van der Waals surface area contributed by atoms with Gasteiger partial charge in [0.2, 0.25) is 0 Å². The minimum Gasteiger partial charge on any atom is -0.508 e. The molecule has 0 amide bonds. The fraction of sp³-hybridized carbons (Fsp3) is 0.500. The molecule has 0 saturated carbocycles. The summed E-state index contributed by atoms with van der Waals surface area (Å²) in [5.41, 5.74) is 6.70. The SMILES string of the molecule is CCC[C@@H](C)OC(=O)[C@@H](N)Cc1ccc(O)cc1. The highest BCUT2D eigenvalue weighted by molar-refractivity contribution is 5.76. The highest BCUT2D eigenvalue weighted by Crippen LogP contribution is 2.11. The fourth-order valence-electron chi connectivity index (χ4n) is 1.72. The van der Waals surface area contributed by atoms with Gasteiger partial charge in [-0.25, -0.2) is 0 Å². The molecule has 0 aliphatic heterocycles. The predicted octanol–water partition coefficient (Wildman–Crippen LogP) is 1.99. The van der Waals surface area contributed by atoms with Gasteiger partial charge in [0.25, 0.3) is 0 Å². The van der Waals surface area contributed by atoms with E-state index in [-0.39, 0.29) is 17.8 Å². The summed E-state index contributed by atoms with van der Waals surface area (Å²) >= 11 is 0. The summed E-state index contributed by atoms with van der Waals surface area (Å²) in [6.45, 7) is 3.91. The molecule has 100 valence electrons. The second kappa shape index (κ2) is 7.01. The van der Waals surface area contributed by atoms with Gasteiger partial charge in [0.1, 0.15) is 11.8 Å². The van der Waals surface area contributed by atoms with Crippen molar-refractivity contribution in [2.75, 3.05) is 0 Å². The van der Waals surface area contributed by atoms with Crippen molar-refractivity contribution < 1.29 is 14.6 Å². The van der Waals surface area contributed by atoms with Crippen LogP contribution < -0.4 is 5.73 Å². The number of rotatable bonds is 6. The third kappa shape index (κ3) is 4.75. The monoisotopic (exact) mass is 251 g/mol. The lowest BCUT2D eigenvalue weighted by molar-refractivity contribution is -0.150. The molecule has 0 aliphatic carbocycles. The molecule has 0 aromatic heterocycles. The van der Waals surface area contributed by atoms with Crippen LogP contribution in [0.4, 0.5) is 0 Å². The Bertz CT molecular complexity index is 375. The molecule has 1 rings (SSSR count). The summed E-state index contributed by atoms with van der Waals surface area (Å²) in [4.78, 5) is 11.7. The number of nitrogens with two attached hydrogens (primary N) is 1. The van der Waals surface area contributed by atoms with E-state index >= 15 is 0 Å². The van der Waals surface area contributed by atoms with Crippen LogP contribution in [0.15, 0.2) is 24.3 Å². The van der Waals surface area contributed by atoms with Gasteiger partial charge < -0.3 is 15.6 Å².